The first kappa shape index (κ1) is 25.1. The van der Waals surface area contributed by atoms with Crippen molar-refractivity contribution in [1.82, 2.24) is 9.80 Å². The van der Waals surface area contributed by atoms with E-state index in [0.717, 1.165) is 24.6 Å². The third kappa shape index (κ3) is 3.77. The van der Waals surface area contributed by atoms with Crippen LogP contribution >= 0.6 is 0 Å². The lowest BCUT2D eigenvalue weighted by Crippen LogP contribution is -2.27. The normalized spacial score (nSPS) is 13.6. The van der Waals surface area contributed by atoms with E-state index in [1.807, 2.05) is 24.3 Å². The Morgan fingerprint density at radius 2 is 0.705 bits per heavy atom. The van der Waals surface area contributed by atoms with Crippen molar-refractivity contribution >= 4 is 67.9 Å². The van der Waals surface area contributed by atoms with Gasteiger partial charge in [0.15, 0.2) is 0 Å². The number of fused-ring (bicyclic) bond motifs is 2. The highest BCUT2D eigenvalue weighted by molar-refractivity contribution is 6.33. The van der Waals surface area contributed by atoms with Crippen LogP contribution in [0.3, 0.4) is 0 Å². The largest absolute Gasteiger partial charge is 0.497 e. The highest BCUT2D eigenvalue weighted by Crippen LogP contribution is 2.37. The smallest absolute Gasteiger partial charge is 0.118 e. The standard InChI is InChI=1S/C40H30N2O2/c1-43-31-11-3-25(4-12-31)19-41-21-27-7-15-33-35-17-9-29-23-42(20-26-5-13-32(44-2)14-6-26)24-30-10-18-36(40(35)38(29)30)34-16-8-28(22-41)37(27)39(33)34/h3-18,21-24H,19-20H2,1-2H3. The first-order valence-electron chi connectivity index (χ1n) is 15.0. The van der Waals surface area contributed by atoms with Crippen LogP contribution in [-0.2, 0) is 13.1 Å². The van der Waals surface area contributed by atoms with Crippen LogP contribution in [0.4, 0.5) is 0 Å². The van der Waals surface area contributed by atoms with Gasteiger partial charge in [0.2, 0.25) is 0 Å². The number of rotatable bonds is 6. The first-order valence-corrected chi connectivity index (χ1v) is 15.0. The molecule has 44 heavy (non-hydrogen) atoms. The second-order valence-corrected chi connectivity index (χ2v) is 11.9. The second-order valence-electron chi connectivity index (χ2n) is 11.9. The summed E-state index contributed by atoms with van der Waals surface area (Å²) >= 11 is 0. The average molecular weight is 571 g/mol. The van der Waals surface area contributed by atoms with Crippen LogP contribution in [0, 0.1) is 0 Å². The lowest BCUT2D eigenvalue weighted by Gasteiger charge is -2.23. The minimum Gasteiger partial charge on any atom is -0.497 e. The fourth-order valence-corrected chi connectivity index (χ4v) is 7.28. The molecule has 0 bridgehead atoms. The third-order valence-electron chi connectivity index (χ3n) is 9.30. The third-order valence-corrected chi connectivity index (χ3v) is 9.30. The van der Waals surface area contributed by atoms with Crippen LogP contribution in [0.15, 0.2) is 97.1 Å². The van der Waals surface area contributed by atoms with Crippen LogP contribution in [0.25, 0.3) is 67.9 Å². The van der Waals surface area contributed by atoms with Crippen molar-refractivity contribution in [1.29, 1.82) is 0 Å². The summed E-state index contributed by atoms with van der Waals surface area (Å²) in [6, 6.07) is 35.2. The van der Waals surface area contributed by atoms with Gasteiger partial charge in [-0.2, -0.15) is 0 Å². The van der Waals surface area contributed by atoms with Gasteiger partial charge in [-0.3, -0.25) is 0 Å². The Balaban J connectivity index is 1.18. The van der Waals surface area contributed by atoms with E-state index >= 15 is 0 Å². The van der Waals surface area contributed by atoms with Crippen LogP contribution < -0.4 is 30.3 Å². The molecule has 212 valence electrons. The van der Waals surface area contributed by atoms with Gasteiger partial charge in [-0.25, -0.2) is 0 Å². The molecule has 0 radical (unpaired) electrons. The summed E-state index contributed by atoms with van der Waals surface area (Å²) < 4.78 is 10.7. The van der Waals surface area contributed by atoms with E-state index in [4.69, 9.17) is 9.47 Å². The quantitative estimate of drug-likeness (QED) is 0.188. The molecule has 0 unspecified atom stereocenters. The summed E-state index contributed by atoms with van der Waals surface area (Å²) in [5, 5.41) is 15.7. The van der Waals surface area contributed by atoms with E-state index in [2.05, 4.69) is 107 Å². The molecule has 9 rings (SSSR count). The summed E-state index contributed by atoms with van der Waals surface area (Å²) in [6.45, 7) is 1.62. The second kappa shape index (κ2) is 9.51. The number of methoxy groups -OCH3 is 2. The van der Waals surface area contributed by atoms with Crippen LogP contribution in [0.2, 0.25) is 0 Å². The Morgan fingerprint density at radius 3 is 1.00 bits per heavy atom. The fourth-order valence-electron chi connectivity index (χ4n) is 7.28. The molecule has 7 aromatic carbocycles. The molecule has 0 saturated heterocycles. The maximum absolute atomic E-state index is 5.35. The lowest BCUT2D eigenvalue weighted by molar-refractivity contribution is 0.414. The van der Waals surface area contributed by atoms with Crippen molar-refractivity contribution in [2.75, 3.05) is 14.2 Å². The molecule has 0 aliphatic carbocycles. The van der Waals surface area contributed by atoms with Crippen molar-refractivity contribution < 1.29 is 9.47 Å². The van der Waals surface area contributed by atoms with Crippen LogP contribution in [0.5, 0.6) is 11.5 Å². The van der Waals surface area contributed by atoms with Crippen molar-refractivity contribution in [2.24, 2.45) is 0 Å². The molecule has 0 fully saturated rings. The molecule has 0 aromatic heterocycles. The Labute approximate surface area is 254 Å². The molecule has 2 aliphatic rings. The van der Waals surface area contributed by atoms with Crippen molar-refractivity contribution in [3.8, 4) is 11.5 Å². The molecule has 0 saturated carbocycles. The zero-order valence-electron chi connectivity index (χ0n) is 24.7. The van der Waals surface area contributed by atoms with Crippen LogP contribution in [0.1, 0.15) is 11.1 Å². The molecule has 0 amide bonds. The Kier molecular flexibility index (Phi) is 5.42. The SMILES string of the molecule is COc1ccc(CN2C=c3ccc4c5ccc6c7c(ccc(c8ccc(c3c48)=C2)c75)=CN(Cc2ccc(OC)cc2)C=6)cc1. The van der Waals surface area contributed by atoms with Crippen molar-refractivity contribution in [3.63, 3.8) is 0 Å². The van der Waals surface area contributed by atoms with Gasteiger partial charge in [-0.1, -0.05) is 72.8 Å². The molecule has 4 nitrogen and oxygen atoms in total. The van der Waals surface area contributed by atoms with Gasteiger partial charge >= 0.3 is 0 Å². The Morgan fingerprint density at radius 1 is 0.386 bits per heavy atom. The maximum Gasteiger partial charge on any atom is 0.118 e. The van der Waals surface area contributed by atoms with E-state index in [9.17, 15) is 0 Å². The molecule has 0 atom stereocenters. The van der Waals surface area contributed by atoms with E-state index in [-0.39, 0.29) is 0 Å². The molecule has 4 heteroatoms. The number of benzene rings is 7. The van der Waals surface area contributed by atoms with Gasteiger partial charge in [0.1, 0.15) is 11.5 Å². The van der Waals surface area contributed by atoms with E-state index in [0.29, 0.717) is 0 Å². The van der Waals surface area contributed by atoms with E-state index in [1.54, 1.807) is 14.2 Å². The van der Waals surface area contributed by atoms with Gasteiger partial charge < -0.3 is 19.3 Å². The molecule has 0 N–H and O–H groups in total. The number of ether oxygens (including phenoxy) is 2. The summed E-state index contributed by atoms with van der Waals surface area (Å²) in [7, 11) is 3.41. The fraction of sp³-hybridized carbons (Fsp3) is 0.100. The molecule has 0 spiro atoms. The zero-order chi connectivity index (χ0) is 29.4. The summed E-state index contributed by atoms with van der Waals surface area (Å²) in [5.74, 6) is 1.76. The summed E-state index contributed by atoms with van der Waals surface area (Å²) in [5.41, 5.74) is 2.49. The molecular weight excluding hydrogens is 540 g/mol. The molecular formula is C40H30N2O2. The van der Waals surface area contributed by atoms with Gasteiger partial charge in [0.05, 0.1) is 14.2 Å². The van der Waals surface area contributed by atoms with Gasteiger partial charge in [-0.05, 0) is 88.6 Å². The molecule has 7 aromatic rings. The van der Waals surface area contributed by atoms with Crippen LogP contribution in [-0.4, -0.2) is 24.0 Å². The summed E-state index contributed by atoms with van der Waals surface area (Å²) in [4.78, 5) is 4.60. The highest BCUT2D eigenvalue weighted by atomic mass is 16.5. The summed E-state index contributed by atoms with van der Waals surface area (Å²) in [6.07, 6.45) is 9.16. The van der Waals surface area contributed by atoms with Crippen molar-refractivity contribution in [2.45, 2.75) is 13.1 Å². The van der Waals surface area contributed by atoms with E-state index < -0.39 is 0 Å². The first-order chi connectivity index (χ1) is 21.7. The lowest BCUT2D eigenvalue weighted by atomic mass is 9.87. The number of hydrogen-bond acceptors (Lipinski definition) is 4. The maximum atomic E-state index is 5.35. The Hall–Kier alpha value is -5.48. The molecule has 2 aliphatic heterocycles. The zero-order valence-corrected chi connectivity index (χ0v) is 24.7. The highest BCUT2D eigenvalue weighted by Gasteiger charge is 2.18. The molecule has 2 heterocycles. The number of hydrogen-bond donors (Lipinski definition) is 0. The predicted molar refractivity (Wildman–Crippen MR) is 181 cm³/mol. The van der Waals surface area contributed by atoms with Crippen molar-refractivity contribution in [3.05, 3.63) is 129 Å². The average Bonchev–Trinajstić information content (AvgIpc) is 3.06. The minimum atomic E-state index is 0.810. The van der Waals surface area contributed by atoms with Gasteiger partial charge in [-0.15, -0.1) is 0 Å². The monoisotopic (exact) mass is 570 g/mol. The topological polar surface area (TPSA) is 24.9 Å². The minimum absolute atomic E-state index is 0.810. The predicted octanol–water partition coefficient (Wildman–Crippen LogP) is 5.74. The Bertz CT molecular complexity index is 2220. The van der Waals surface area contributed by atoms with Gasteiger partial charge in [0.25, 0.3) is 0 Å². The van der Waals surface area contributed by atoms with Gasteiger partial charge in [0, 0.05) is 48.7 Å². The van der Waals surface area contributed by atoms with E-state index in [1.165, 1.54) is 75.1 Å². The number of nitrogens with zero attached hydrogens (tertiary/aromatic N) is 2.